The number of primary amides is 1. The molecule has 0 saturated heterocycles. The molecule has 0 spiro atoms. The molecule has 1 amide bonds. The summed E-state index contributed by atoms with van der Waals surface area (Å²) in [6.45, 7) is 3.53. The summed E-state index contributed by atoms with van der Waals surface area (Å²) < 4.78 is 0. The Kier molecular flexibility index (Phi) is 8.06. The second-order valence-electron chi connectivity index (χ2n) is 1.65. The predicted molar refractivity (Wildman–Crippen MR) is 34.1 cm³/mol. The Bertz CT molecular complexity index is 114. The molecule has 52 valence electrons. The van der Waals surface area contributed by atoms with Gasteiger partial charge in [0, 0.05) is 5.92 Å². The maximum absolute atomic E-state index is 9.92. The molecule has 0 aliphatic carbocycles. The fourth-order valence-electron chi connectivity index (χ4n) is 0. The third-order valence-electron chi connectivity index (χ3n) is 0.569. The standard InChI is InChI=1S/C4H9NO.N3/c1-3(2)4(5)6;1-3-2/h3H,1-2H3,(H2,5,6);/q;-1. The summed E-state index contributed by atoms with van der Waals surface area (Å²) in [7, 11) is 0. The van der Waals surface area contributed by atoms with E-state index in [2.05, 4.69) is 0 Å². The predicted octanol–water partition coefficient (Wildman–Crippen LogP) is 0.994. The zero-order valence-corrected chi connectivity index (χ0v) is 5.40. The minimum Gasteiger partial charge on any atom is -0.373 e. The molecule has 0 rings (SSSR count). The van der Waals surface area contributed by atoms with Crippen molar-refractivity contribution in [3.05, 3.63) is 16.0 Å². The van der Waals surface area contributed by atoms with Crippen LogP contribution in [0.5, 0.6) is 0 Å². The van der Waals surface area contributed by atoms with Crippen LogP contribution in [0.4, 0.5) is 0 Å². The molecule has 0 unspecified atom stereocenters. The highest BCUT2D eigenvalue weighted by molar-refractivity contribution is 5.75. The normalized spacial score (nSPS) is 7.00. The van der Waals surface area contributed by atoms with Crippen LogP contribution in [-0.4, -0.2) is 5.91 Å². The Hall–Kier alpha value is -1.22. The summed E-state index contributed by atoms with van der Waals surface area (Å²) in [5, 5.41) is 0. The minimum atomic E-state index is -0.241. The molecular formula is C4H9N4O-. The second-order valence-corrected chi connectivity index (χ2v) is 1.65. The summed E-state index contributed by atoms with van der Waals surface area (Å²) in [4.78, 5) is 11.4. The van der Waals surface area contributed by atoms with Gasteiger partial charge in [0.1, 0.15) is 0 Å². The van der Waals surface area contributed by atoms with E-state index in [0.29, 0.717) is 0 Å². The van der Waals surface area contributed by atoms with Crippen molar-refractivity contribution in [2.45, 2.75) is 13.8 Å². The van der Waals surface area contributed by atoms with Gasteiger partial charge in [-0.1, -0.05) is 13.8 Å². The molecule has 2 N–H and O–H groups in total. The molecule has 0 radical (unpaired) electrons. The topological polar surface area (TPSA) is 102 Å². The van der Waals surface area contributed by atoms with Gasteiger partial charge in [0.25, 0.3) is 0 Å². The Labute approximate surface area is 53.3 Å². The SMILES string of the molecule is CC(C)C(N)=O.[N-]=[N+]=[N-]. The van der Waals surface area contributed by atoms with Gasteiger partial charge in [0.15, 0.2) is 0 Å². The molecule has 5 heteroatoms. The average molecular weight is 129 g/mol. The van der Waals surface area contributed by atoms with Crippen molar-refractivity contribution in [2.24, 2.45) is 11.7 Å². The Morgan fingerprint density at radius 1 is 1.56 bits per heavy atom. The van der Waals surface area contributed by atoms with Gasteiger partial charge in [-0.3, -0.25) is 9.71 Å². The third-order valence-corrected chi connectivity index (χ3v) is 0.569. The van der Waals surface area contributed by atoms with Gasteiger partial charge in [-0.05, 0) is 0 Å². The first-order valence-electron chi connectivity index (χ1n) is 2.34. The van der Waals surface area contributed by atoms with Crippen LogP contribution < -0.4 is 5.73 Å². The number of hydrogen-bond acceptors (Lipinski definition) is 1. The van der Waals surface area contributed by atoms with Crippen LogP contribution in [-0.2, 0) is 4.79 Å². The molecule has 0 bridgehead atoms. The fourth-order valence-corrected chi connectivity index (χ4v) is 0. The monoisotopic (exact) mass is 129 g/mol. The van der Waals surface area contributed by atoms with Crippen molar-refractivity contribution in [3.8, 4) is 0 Å². The van der Waals surface area contributed by atoms with E-state index in [1.165, 1.54) is 4.91 Å². The molecule has 0 aliphatic rings. The fraction of sp³-hybridized carbons (Fsp3) is 0.750. The van der Waals surface area contributed by atoms with Crippen LogP contribution >= 0.6 is 0 Å². The molecule has 0 aromatic rings. The van der Waals surface area contributed by atoms with Crippen LogP contribution in [0.3, 0.4) is 0 Å². The van der Waals surface area contributed by atoms with E-state index in [1.807, 2.05) is 0 Å². The van der Waals surface area contributed by atoms with Gasteiger partial charge < -0.3 is 16.8 Å². The molecule has 5 nitrogen and oxygen atoms in total. The highest BCUT2D eigenvalue weighted by Crippen LogP contribution is 1.84. The first-order chi connectivity index (χ1) is 4.06. The highest BCUT2D eigenvalue weighted by Gasteiger charge is 1.96. The van der Waals surface area contributed by atoms with E-state index in [-0.39, 0.29) is 11.8 Å². The van der Waals surface area contributed by atoms with Crippen molar-refractivity contribution >= 4 is 5.91 Å². The number of hydrogen-bond donors (Lipinski definition) is 1. The number of carbonyl (C=O) groups is 1. The molecular weight excluding hydrogens is 120 g/mol. The zero-order valence-electron chi connectivity index (χ0n) is 5.40. The average Bonchev–Trinajstić information content (AvgIpc) is 1.68. The number of amides is 1. The molecule has 9 heavy (non-hydrogen) atoms. The van der Waals surface area contributed by atoms with Crippen molar-refractivity contribution in [1.29, 1.82) is 0 Å². The summed E-state index contributed by atoms with van der Waals surface area (Å²) in [6, 6.07) is 0. The van der Waals surface area contributed by atoms with Crippen molar-refractivity contribution in [3.63, 3.8) is 0 Å². The van der Waals surface area contributed by atoms with Gasteiger partial charge in [0.2, 0.25) is 5.91 Å². The lowest BCUT2D eigenvalue weighted by molar-refractivity contribution is -0.120. The lowest BCUT2D eigenvalue weighted by Gasteiger charge is -1.90. The maximum atomic E-state index is 9.92. The van der Waals surface area contributed by atoms with Crippen LogP contribution in [0, 0.1) is 5.92 Å². The van der Waals surface area contributed by atoms with E-state index >= 15 is 0 Å². The quantitative estimate of drug-likeness (QED) is 0.318. The summed E-state index contributed by atoms with van der Waals surface area (Å²) in [6.07, 6.45) is 0. The molecule has 0 atom stereocenters. The number of carbonyl (C=O) groups excluding carboxylic acids is 1. The van der Waals surface area contributed by atoms with Gasteiger partial charge >= 0.3 is 0 Å². The van der Waals surface area contributed by atoms with Crippen LogP contribution in [0.1, 0.15) is 13.8 Å². The van der Waals surface area contributed by atoms with Gasteiger partial charge in [-0.25, -0.2) is 0 Å². The minimum absolute atomic E-state index is 0.00926. The lowest BCUT2D eigenvalue weighted by Crippen LogP contribution is -2.17. The Morgan fingerprint density at radius 2 is 1.67 bits per heavy atom. The smallest absolute Gasteiger partial charge is 0.219 e. The number of nitrogens with zero attached hydrogens (tertiary/aromatic N) is 3. The molecule has 0 aliphatic heterocycles. The first-order valence-corrected chi connectivity index (χ1v) is 2.34. The van der Waals surface area contributed by atoms with Crippen LogP contribution in [0.2, 0.25) is 0 Å². The molecule has 0 saturated carbocycles. The lowest BCUT2D eigenvalue weighted by atomic mass is 10.2. The van der Waals surface area contributed by atoms with E-state index in [9.17, 15) is 4.79 Å². The van der Waals surface area contributed by atoms with E-state index in [1.54, 1.807) is 13.8 Å². The largest absolute Gasteiger partial charge is 0.373 e. The second kappa shape index (κ2) is 6.78. The van der Waals surface area contributed by atoms with Crippen LogP contribution in [0.25, 0.3) is 16.0 Å². The van der Waals surface area contributed by atoms with Crippen molar-refractivity contribution in [1.82, 2.24) is 0 Å². The number of nitrogens with two attached hydrogens (primary N) is 1. The Morgan fingerprint density at radius 3 is 1.67 bits per heavy atom. The molecule has 0 aromatic heterocycles. The molecule has 0 aromatic carbocycles. The van der Waals surface area contributed by atoms with E-state index in [4.69, 9.17) is 16.8 Å². The van der Waals surface area contributed by atoms with E-state index < -0.39 is 0 Å². The van der Waals surface area contributed by atoms with Crippen molar-refractivity contribution in [2.75, 3.05) is 0 Å². The third kappa shape index (κ3) is 20.0. The summed E-state index contributed by atoms with van der Waals surface area (Å²) in [5.41, 5.74) is 18.3. The summed E-state index contributed by atoms with van der Waals surface area (Å²) >= 11 is 0. The van der Waals surface area contributed by atoms with Gasteiger partial charge in [0.05, 0.1) is 0 Å². The summed E-state index contributed by atoms with van der Waals surface area (Å²) in [5.74, 6) is -0.250. The van der Waals surface area contributed by atoms with Crippen molar-refractivity contribution < 1.29 is 4.79 Å². The Balaban J connectivity index is 0. The van der Waals surface area contributed by atoms with Crippen LogP contribution in [0.15, 0.2) is 0 Å². The highest BCUT2D eigenvalue weighted by atomic mass is 16.1. The number of rotatable bonds is 1. The maximum Gasteiger partial charge on any atom is 0.219 e. The molecule has 0 fully saturated rings. The van der Waals surface area contributed by atoms with Gasteiger partial charge in [-0.2, -0.15) is 0 Å². The van der Waals surface area contributed by atoms with Gasteiger partial charge in [-0.15, -0.1) is 0 Å². The van der Waals surface area contributed by atoms with E-state index in [0.717, 1.165) is 0 Å². The molecule has 0 heterocycles. The zero-order chi connectivity index (χ0) is 7.86. The first kappa shape index (κ1) is 10.7.